The summed E-state index contributed by atoms with van der Waals surface area (Å²) in [7, 11) is 0. The van der Waals surface area contributed by atoms with Crippen LogP contribution in [0.25, 0.3) is 28.0 Å². The molecule has 0 aliphatic rings. The topological polar surface area (TPSA) is 55.4 Å². The van der Waals surface area contributed by atoms with Gasteiger partial charge in [-0.25, -0.2) is 9.37 Å². The summed E-state index contributed by atoms with van der Waals surface area (Å²) in [5.41, 5.74) is 3.91. The first-order valence-electron chi connectivity index (χ1n) is 9.23. The number of nitrogens with one attached hydrogen (secondary N) is 1. The Morgan fingerprint density at radius 1 is 1.11 bits per heavy atom. The Bertz CT molecular complexity index is 1150. The fraction of sp³-hybridized carbons (Fsp3) is 0.273. The molecule has 0 spiro atoms. The third-order valence-electron chi connectivity index (χ3n) is 4.57. The number of aromatic nitrogens is 3. The van der Waals surface area contributed by atoms with Crippen molar-refractivity contribution in [2.75, 3.05) is 5.32 Å². The zero-order valence-electron chi connectivity index (χ0n) is 16.7. The maximum atomic E-state index is 15.1. The van der Waals surface area contributed by atoms with Crippen molar-refractivity contribution >= 4 is 11.5 Å². The van der Waals surface area contributed by atoms with Crippen LogP contribution >= 0.6 is 0 Å². The lowest BCUT2D eigenvalue weighted by Crippen LogP contribution is -2.27. The van der Waals surface area contributed by atoms with Gasteiger partial charge in [-0.2, -0.15) is 0 Å². The molecule has 3 aromatic heterocycles. The molecule has 0 atom stereocenters. The summed E-state index contributed by atoms with van der Waals surface area (Å²) in [5.74, 6) is 1.12. The number of fused-ring (bicyclic) bond motifs is 1. The molecule has 0 aliphatic carbocycles. The first kappa shape index (κ1) is 18.2. The summed E-state index contributed by atoms with van der Waals surface area (Å²) in [6.07, 6.45) is 1.95. The standard InChI is InChI=1S/C22H23FN4O/c1-13-19(14(2)28-26-13)16-10-9-15(12-17(16)23)20-21(25-22(3,4)5)27-11-7-6-8-18(27)24-20/h6-12,25H,1-5H3. The van der Waals surface area contributed by atoms with Gasteiger partial charge in [-0.3, -0.25) is 4.40 Å². The average Bonchev–Trinajstić information content (AvgIpc) is 3.14. The van der Waals surface area contributed by atoms with Crippen LogP contribution in [-0.4, -0.2) is 20.1 Å². The van der Waals surface area contributed by atoms with Crippen LogP contribution < -0.4 is 5.32 Å². The summed E-state index contributed by atoms with van der Waals surface area (Å²) in [6.45, 7) is 9.85. The number of imidazole rings is 1. The summed E-state index contributed by atoms with van der Waals surface area (Å²) in [4.78, 5) is 4.74. The molecule has 1 N–H and O–H groups in total. The number of aryl methyl sites for hydroxylation is 2. The van der Waals surface area contributed by atoms with E-state index in [0.717, 1.165) is 11.5 Å². The predicted molar refractivity (Wildman–Crippen MR) is 109 cm³/mol. The summed E-state index contributed by atoms with van der Waals surface area (Å²) in [6, 6.07) is 11.0. The molecular formula is C22H23FN4O. The number of rotatable bonds is 3. The van der Waals surface area contributed by atoms with Gasteiger partial charge in [-0.05, 0) is 52.8 Å². The van der Waals surface area contributed by atoms with Crippen LogP contribution in [0.4, 0.5) is 10.2 Å². The molecular weight excluding hydrogens is 355 g/mol. The van der Waals surface area contributed by atoms with Crippen molar-refractivity contribution in [3.63, 3.8) is 0 Å². The van der Waals surface area contributed by atoms with E-state index < -0.39 is 0 Å². The average molecular weight is 378 g/mol. The maximum absolute atomic E-state index is 15.1. The van der Waals surface area contributed by atoms with Crippen molar-refractivity contribution in [3.8, 4) is 22.4 Å². The van der Waals surface area contributed by atoms with Gasteiger partial charge in [0.2, 0.25) is 0 Å². The van der Waals surface area contributed by atoms with E-state index in [1.54, 1.807) is 13.0 Å². The van der Waals surface area contributed by atoms with E-state index in [4.69, 9.17) is 9.51 Å². The zero-order valence-corrected chi connectivity index (χ0v) is 16.7. The molecule has 1 aromatic carbocycles. The molecule has 0 bridgehead atoms. The van der Waals surface area contributed by atoms with E-state index in [1.165, 1.54) is 6.07 Å². The van der Waals surface area contributed by atoms with E-state index in [2.05, 4.69) is 31.2 Å². The molecule has 4 rings (SSSR count). The minimum Gasteiger partial charge on any atom is -0.365 e. The lowest BCUT2D eigenvalue weighted by molar-refractivity contribution is 0.393. The van der Waals surface area contributed by atoms with Gasteiger partial charge in [-0.1, -0.05) is 23.4 Å². The molecule has 6 heteroatoms. The van der Waals surface area contributed by atoms with Crippen LogP contribution in [0.15, 0.2) is 47.1 Å². The normalized spacial score (nSPS) is 11.9. The third kappa shape index (κ3) is 3.15. The second-order valence-corrected chi connectivity index (χ2v) is 8.01. The highest BCUT2D eigenvalue weighted by molar-refractivity contribution is 5.79. The fourth-order valence-electron chi connectivity index (χ4n) is 3.40. The largest absolute Gasteiger partial charge is 0.365 e. The zero-order chi connectivity index (χ0) is 20.1. The quantitative estimate of drug-likeness (QED) is 0.502. The third-order valence-corrected chi connectivity index (χ3v) is 4.57. The van der Waals surface area contributed by atoms with Gasteiger partial charge in [0, 0.05) is 22.9 Å². The Hall–Kier alpha value is -3.15. The first-order chi connectivity index (χ1) is 13.2. The molecule has 0 unspecified atom stereocenters. The van der Waals surface area contributed by atoms with Crippen LogP contribution in [0, 0.1) is 19.7 Å². The highest BCUT2D eigenvalue weighted by atomic mass is 19.1. The van der Waals surface area contributed by atoms with Crippen molar-refractivity contribution in [1.29, 1.82) is 0 Å². The lowest BCUT2D eigenvalue weighted by Gasteiger charge is -2.22. The van der Waals surface area contributed by atoms with Gasteiger partial charge < -0.3 is 9.84 Å². The highest BCUT2D eigenvalue weighted by Gasteiger charge is 2.21. The molecule has 0 fully saturated rings. The van der Waals surface area contributed by atoms with E-state index in [-0.39, 0.29) is 11.4 Å². The number of benzene rings is 1. The van der Waals surface area contributed by atoms with Crippen molar-refractivity contribution in [2.24, 2.45) is 0 Å². The molecule has 3 heterocycles. The van der Waals surface area contributed by atoms with E-state index in [1.807, 2.05) is 41.8 Å². The molecule has 0 amide bonds. The van der Waals surface area contributed by atoms with Crippen LogP contribution in [0.2, 0.25) is 0 Å². The maximum Gasteiger partial charge on any atom is 0.141 e. The van der Waals surface area contributed by atoms with Crippen LogP contribution in [-0.2, 0) is 0 Å². The minimum atomic E-state index is -0.328. The number of hydrogen-bond acceptors (Lipinski definition) is 4. The number of nitrogens with zero attached hydrogens (tertiary/aromatic N) is 3. The molecule has 28 heavy (non-hydrogen) atoms. The first-order valence-corrected chi connectivity index (χ1v) is 9.23. The van der Waals surface area contributed by atoms with Gasteiger partial charge >= 0.3 is 0 Å². The SMILES string of the molecule is Cc1noc(C)c1-c1ccc(-c2nc3ccccn3c2NC(C)(C)C)cc1F. The van der Waals surface area contributed by atoms with E-state index in [0.29, 0.717) is 33.8 Å². The second-order valence-electron chi connectivity index (χ2n) is 8.01. The lowest BCUT2D eigenvalue weighted by atomic mass is 10.0. The summed E-state index contributed by atoms with van der Waals surface area (Å²) in [5, 5.41) is 7.43. The predicted octanol–water partition coefficient (Wildman–Crippen LogP) is 5.62. The number of pyridine rings is 1. The fourth-order valence-corrected chi connectivity index (χ4v) is 3.40. The van der Waals surface area contributed by atoms with Gasteiger partial charge in [0.1, 0.15) is 28.7 Å². The Morgan fingerprint density at radius 2 is 1.89 bits per heavy atom. The molecule has 0 aliphatic heterocycles. The smallest absolute Gasteiger partial charge is 0.141 e. The van der Waals surface area contributed by atoms with Crippen LogP contribution in [0.1, 0.15) is 32.2 Å². The molecule has 0 saturated carbocycles. The summed E-state index contributed by atoms with van der Waals surface area (Å²) < 4.78 is 22.2. The van der Waals surface area contributed by atoms with Gasteiger partial charge in [0.25, 0.3) is 0 Å². The Balaban J connectivity index is 1.87. The number of halogens is 1. The van der Waals surface area contributed by atoms with Crippen LogP contribution in [0.3, 0.4) is 0 Å². The Morgan fingerprint density at radius 3 is 2.54 bits per heavy atom. The number of hydrogen-bond donors (Lipinski definition) is 1. The van der Waals surface area contributed by atoms with Crippen LogP contribution in [0.5, 0.6) is 0 Å². The van der Waals surface area contributed by atoms with E-state index >= 15 is 4.39 Å². The van der Waals surface area contributed by atoms with Gasteiger partial charge in [0.05, 0.1) is 11.3 Å². The van der Waals surface area contributed by atoms with Crippen molar-refractivity contribution in [2.45, 2.75) is 40.2 Å². The summed E-state index contributed by atoms with van der Waals surface area (Å²) >= 11 is 0. The van der Waals surface area contributed by atoms with Crippen molar-refractivity contribution in [1.82, 2.24) is 14.5 Å². The molecule has 0 radical (unpaired) electrons. The van der Waals surface area contributed by atoms with E-state index in [9.17, 15) is 0 Å². The molecule has 5 nitrogen and oxygen atoms in total. The number of anilines is 1. The molecule has 0 saturated heterocycles. The molecule has 144 valence electrons. The minimum absolute atomic E-state index is 0.171. The van der Waals surface area contributed by atoms with Crippen molar-refractivity contribution < 1.29 is 8.91 Å². The molecule has 4 aromatic rings. The Kier molecular flexibility index (Phi) is 4.22. The van der Waals surface area contributed by atoms with Gasteiger partial charge in [-0.15, -0.1) is 0 Å². The monoisotopic (exact) mass is 378 g/mol. The van der Waals surface area contributed by atoms with Gasteiger partial charge in [0.15, 0.2) is 0 Å². The Labute approximate surface area is 163 Å². The highest BCUT2D eigenvalue weighted by Crippen LogP contribution is 2.35. The second kappa shape index (κ2) is 6.48. The van der Waals surface area contributed by atoms with Crippen molar-refractivity contribution in [3.05, 3.63) is 59.9 Å².